The first-order valence-electron chi connectivity index (χ1n) is 15.9. The first-order chi connectivity index (χ1) is 18.6. The van der Waals surface area contributed by atoms with Crippen molar-refractivity contribution in [3.05, 3.63) is 30.3 Å². The van der Waals surface area contributed by atoms with Crippen LogP contribution in [-0.2, 0) is 4.79 Å². The van der Waals surface area contributed by atoms with E-state index in [-0.39, 0.29) is 12.5 Å². The Kier molecular flexibility index (Phi) is 9.67. The summed E-state index contributed by atoms with van der Waals surface area (Å²) in [5.74, 6) is 4.15. The zero-order valence-corrected chi connectivity index (χ0v) is 23.7. The van der Waals surface area contributed by atoms with Gasteiger partial charge in [-0.05, 0) is 67.4 Å². The molecule has 2 aliphatic heterocycles. The number of amides is 1. The molecule has 1 N–H and O–H groups in total. The van der Waals surface area contributed by atoms with E-state index in [0.717, 1.165) is 68.9 Å². The molecule has 0 bridgehead atoms. The number of ether oxygens (including phenoxy) is 1. The van der Waals surface area contributed by atoms with Gasteiger partial charge in [0.2, 0.25) is 0 Å². The van der Waals surface area contributed by atoms with Gasteiger partial charge in [0.25, 0.3) is 5.91 Å². The quantitative estimate of drug-likeness (QED) is 0.351. The molecule has 1 unspecified atom stereocenters. The number of likely N-dealkylation sites (tertiary alicyclic amines) is 2. The topological polar surface area (TPSA) is 56.6 Å². The van der Waals surface area contributed by atoms with Gasteiger partial charge in [0, 0.05) is 32.6 Å². The van der Waals surface area contributed by atoms with Crippen molar-refractivity contribution in [2.45, 2.75) is 103 Å². The van der Waals surface area contributed by atoms with Gasteiger partial charge in [0.05, 0.1) is 5.84 Å². The van der Waals surface area contributed by atoms with Gasteiger partial charge < -0.3 is 14.5 Å². The maximum absolute atomic E-state index is 12.7. The van der Waals surface area contributed by atoms with Gasteiger partial charge in [-0.25, -0.2) is 0 Å². The fourth-order valence-corrected chi connectivity index (χ4v) is 8.02. The van der Waals surface area contributed by atoms with Crippen LogP contribution in [-0.4, -0.2) is 54.3 Å². The normalized spacial score (nSPS) is 26.2. The third-order valence-electron chi connectivity index (χ3n) is 10.3. The van der Waals surface area contributed by atoms with Crippen molar-refractivity contribution >= 4 is 11.7 Å². The predicted molar refractivity (Wildman–Crippen MR) is 155 cm³/mol. The van der Waals surface area contributed by atoms with Crippen molar-refractivity contribution in [1.82, 2.24) is 9.80 Å². The number of hydrogen-bond donors (Lipinski definition) is 1. The summed E-state index contributed by atoms with van der Waals surface area (Å²) in [6.45, 7) is 3.88. The molecule has 0 radical (unpaired) electrons. The van der Waals surface area contributed by atoms with Crippen molar-refractivity contribution < 1.29 is 9.53 Å². The molecule has 5 nitrogen and oxygen atoms in total. The molecule has 1 aromatic carbocycles. The van der Waals surface area contributed by atoms with Crippen LogP contribution in [0.5, 0.6) is 5.75 Å². The Bertz CT molecular complexity index is 885. The molecule has 1 atom stereocenters. The van der Waals surface area contributed by atoms with Crippen molar-refractivity contribution in [2.75, 3.05) is 32.8 Å². The van der Waals surface area contributed by atoms with E-state index in [0.29, 0.717) is 11.3 Å². The maximum Gasteiger partial charge on any atom is 0.260 e. The minimum Gasteiger partial charge on any atom is -0.484 e. The summed E-state index contributed by atoms with van der Waals surface area (Å²) in [5, 5.41) is 9.01. The number of carbonyl (C=O) groups excluding carboxylic acids is 1. The number of amidine groups is 1. The molecule has 4 aliphatic rings. The van der Waals surface area contributed by atoms with E-state index in [1.165, 1.54) is 83.5 Å². The van der Waals surface area contributed by atoms with Crippen LogP contribution in [0.15, 0.2) is 30.3 Å². The third kappa shape index (κ3) is 7.54. The Morgan fingerprint density at radius 1 is 0.868 bits per heavy atom. The fourth-order valence-electron chi connectivity index (χ4n) is 8.02. The second-order valence-electron chi connectivity index (χ2n) is 13.2. The Labute approximate surface area is 231 Å². The maximum atomic E-state index is 12.7. The Morgan fingerprint density at radius 2 is 1.53 bits per heavy atom. The highest BCUT2D eigenvalue weighted by Gasteiger charge is 2.43. The molecule has 0 aromatic heterocycles. The first-order valence-corrected chi connectivity index (χ1v) is 15.9. The number of nitrogens with zero attached hydrogens (tertiary/aromatic N) is 2. The van der Waals surface area contributed by atoms with Crippen LogP contribution in [0.25, 0.3) is 0 Å². The molecule has 38 heavy (non-hydrogen) atoms. The number of piperidine rings is 1. The lowest BCUT2D eigenvalue weighted by Crippen LogP contribution is -2.43. The van der Waals surface area contributed by atoms with Crippen molar-refractivity contribution in [2.24, 2.45) is 23.2 Å². The number of para-hydroxylation sites is 1. The Morgan fingerprint density at radius 3 is 2.21 bits per heavy atom. The summed E-state index contributed by atoms with van der Waals surface area (Å²) in [6, 6.07) is 9.61. The molecule has 1 aromatic rings. The van der Waals surface area contributed by atoms with E-state index >= 15 is 0 Å². The molecule has 2 saturated heterocycles. The summed E-state index contributed by atoms with van der Waals surface area (Å²) in [5.41, 5.74) is 0.335. The number of nitrogens with one attached hydrogen (secondary N) is 1. The van der Waals surface area contributed by atoms with Crippen LogP contribution < -0.4 is 4.74 Å². The summed E-state index contributed by atoms with van der Waals surface area (Å²) < 4.78 is 5.69. The molecule has 5 heteroatoms. The number of benzene rings is 1. The van der Waals surface area contributed by atoms with Crippen LogP contribution in [0, 0.1) is 28.6 Å². The first kappa shape index (κ1) is 27.5. The SMILES string of the molecule is N=C1CC(CCC2CCCCC2)(CC2CCCCC2)CN1CC1CCN(C(=O)COc2ccccc2)CC1. The van der Waals surface area contributed by atoms with Gasteiger partial charge in [0.15, 0.2) is 6.61 Å². The van der Waals surface area contributed by atoms with Gasteiger partial charge in [0.1, 0.15) is 5.75 Å². The molecule has 2 aliphatic carbocycles. The molecule has 1 amide bonds. The smallest absolute Gasteiger partial charge is 0.260 e. The number of hydrogen-bond acceptors (Lipinski definition) is 3. The van der Waals surface area contributed by atoms with Crippen molar-refractivity contribution in [1.29, 1.82) is 5.41 Å². The summed E-state index contributed by atoms with van der Waals surface area (Å²) in [4.78, 5) is 17.1. The average Bonchev–Trinajstić information content (AvgIpc) is 3.27. The standard InChI is InChI=1S/C33H51N3O2/c34-31-23-33(22-28-12-6-2-7-13-28,19-16-27-10-4-1-5-11-27)26-36(31)24-29-17-20-35(21-18-29)32(37)25-38-30-14-8-3-9-15-30/h3,8-9,14-15,27-29,34H,1-2,4-7,10-13,16-26H2. The van der Waals surface area contributed by atoms with Gasteiger partial charge >= 0.3 is 0 Å². The van der Waals surface area contributed by atoms with Gasteiger partial charge in [-0.1, -0.05) is 82.4 Å². The van der Waals surface area contributed by atoms with E-state index in [1.807, 2.05) is 35.2 Å². The zero-order valence-electron chi connectivity index (χ0n) is 23.7. The third-order valence-corrected chi connectivity index (χ3v) is 10.3. The van der Waals surface area contributed by atoms with E-state index in [2.05, 4.69) is 4.90 Å². The molecular formula is C33H51N3O2. The molecule has 2 saturated carbocycles. The monoisotopic (exact) mass is 521 g/mol. The minimum atomic E-state index is 0.0930. The highest BCUT2D eigenvalue weighted by atomic mass is 16.5. The lowest BCUT2D eigenvalue weighted by Gasteiger charge is -2.37. The van der Waals surface area contributed by atoms with Crippen molar-refractivity contribution in [3.63, 3.8) is 0 Å². The summed E-state index contributed by atoms with van der Waals surface area (Å²) >= 11 is 0. The largest absolute Gasteiger partial charge is 0.484 e. The second-order valence-corrected chi connectivity index (χ2v) is 13.2. The van der Waals surface area contributed by atoms with Crippen LogP contribution in [0.3, 0.4) is 0 Å². The lowest BCUT2D eigenvalue weighted by molar-refractivity contribution is -0.134. The Hall–Kier alpha value is -2.04. The number of carbonyl (C=O) groups is 1. The van der Waals surface area contributed by atoms with Crippen LogP contribution >= 0.6 is 0 Å². The molecule has 2 heterocycles. The predicted octanol–water partition coefficient (Wildman–Crippen LogP) is 7.30. The molecule has 5 rings (SSSR count). The molecular weight excluding hydrogens is 470 g/mol. The Balaban J connectivity index is 1.11. The van der Waals surface area contributed by atoms with Crippen molar-refractivity contribution in [3.8, 4) is 5.75 Å². The highest BCUT2D eigenvalue weighted by molar-refractivity contribution is 5.82. The van der Waals surface area contributed by atoms with Crippen LogP contribution in [0.1, 0.15) is 103 Å². The second kappa shape index (κ2) is 13.3. The molecule has 210 valence electrons. The minimum absolute atomic E-state index is 0.0930. The molecule has 4 fully saturated rings. The summed E-state index contributed by atoms with van der Waals surface area (Å²) in [6.07, 6.45) is 21.4. The highest BCUT2D eigenvalue weighted by Crippen LogP contribution is 2.46. The fraction of sp³-hybridized carbons (Fsp3) is 0.758. The van der Waals surface area contributed by atoms with Crippen LogP contribution in [0.2, 0.25) is 0 Å². The zero-order chi connectivity index (χ0) is 26.2. The number of rotatable bonds is 10. The summed E-state index contributed by atoms with van der Waals surface area (Å²) in [7, 11) is 0. The van der Waals surface area contributed by atoms with E-state index < -0.39 is 0 Å². The van der Waals surface area contributed by atoms with Gasteiger partial charge in [-0.15, -0.1) is 0 Å². The average molecular weight is 522 g/mol. The van der Waals surface area contributed by atoms with E-state index in [1.54, 1.807) is 0 Å². The van der Waals surface area contributed by atoms with Gasteiger partial charge in [-0.2, -0.15) is 0 Å². The van der Waals surface area contributed by atoms with Gasteiger partial charge in [-0.3, -0.25) is 10.2 Å². The van der Waals surface area contributed by atoms with Crippen LogP contribution in [0.4, 0.5) is 0 Å². The van der Waals surface area contributed by atoms with E-state index in [4.69, 9.17) is 10.1 Å². The lowest BCUT2D eigenvalue weighted by atomic mass is 9.69. The molecule has 0 spiro atoms. The van der Waals surface area contributed by atoms with E-state index in [9.17, 15) is 4.79 Å².